The second-order valence-corrected chi connectivity index (χ2v) is 11.2. The largest absolute Gasteiger partial charge is 0.756 e. The number of nitrogens with zero attached hydrogens (tertiary/aromatic N) is 1. The van der Waals surface area contributed by atoms with Crippen molar-refractivity contribution in [3.63, 3.8) is 0 Å². The van der Waals surface area contributed by atoms with E-state index in [0.29, 0.717) is 24.2 Å². The molecular weight excluding hydrogens is 427 g/mol. The van der Waals surface area contributed by atoms with E-state index < -0.39 is 13.9 Å². The third-order valence-corrected chi connectivity index (χ3v) is 6.41. The highest BCUT2D eigenvalue weighted by molar-refractivity contribution is 7.45. The third kappa shape index (κ3) is 23.2. The molecule has 2 atom stereocenters. The third-order valence-electron chi connectivity index (χ3n) is 5.36. The molecule has 0 aromatic rings. The maximum Gasteiger partial charge on any atom is 0.268 e. The molecular formula is C24H53N2O5P. The Morgan fingerprint density at radius 2 is 1.38 bits per heavy atom. The summed E-state index contributed by atoms with van der Waals surface area (Å²) < 4.78 is 28.7. The number of likely N-dealkylation sites (N-methyl/N-ethyl adjacent to an activating group) is 2. The smallest absolute Gasteiger partial charge is 0.268 e. The molecule has 0 aliphatic carbocycles. The molecule has 0 aliphatic rings. The van der Waals surface area contributed by atoms with Gasteiger partial charge in [-0.15, -0.1) is 0 Å². The summed E-state index contributed by atoms with van der Waals surface area (Å²) in [5.41, 5.74) is 0. The quantitative estimate of drug-likeness (QED) is 0.120. The van der Waals surface area contributed by atoms with Gasteiger partial charge in [0.05, 0.1) is 27.7 Å². The van der Waals surface area contributed by atoms with Crippen LogP contribution in [-0.2, 0) is 18.3 Å². The van der Waals surface area contributed by atoms with Gasteiger partial charge in [-0.3, -0.25) is 4.57 Å². The molecule has 32 heavy (non-hydrogen) atoms. The fourth-order valence-corrected chi connectivity index (χ4v) is 4.20. The number of hydrogen-bond donors (Lipinski definition) is 1. The van der Waals surface area contributed by atoms with Crippen molar-refractivity contribution in [2.45, 2.75) is 97.0 Å². The molecule has 0 radical (unpaired) electrons. The summed E-state index contributed by atoms with van der Waals surface area (Å²) in [6.45, 7) is 6.96. The normalized spacial score (nSPS) is 15.1. The SMILES string of the molecule is CCCCCCCCCCCCCCOCC(CNCC)OP(=O)([O-])OCC[N+](C)(C)C. The summed E-state index contributed by atoms with van der Waals surface area (Å²) in [6, 6.07) is 0. The zero-order valence-electron chi connectivity index (χ0n) is 21.7. The number of ether oxygens (including phenoxy) is 1. The monoisotopic (exact) mass is 480 g/mol. The van der Waals surface area contributed by atoms with E-state index in [1.165, 1.54) is 64.2 Å². The topological polar surface area (TPSA) is 79.9 Å². The average molecular weight is 481 g/mol. The minimum absolute atomic E-state index is 0.109. The average Bonchev–Trinajstić information content (AvgIpc) is 2.70. The van der Waals surface area contributed by atoms with Crippen LogP contribution in [0.5, 0.6) is 0 Å². The van der Waals surface area contributed by atoms with Crippen molar-refractivity contribution in [1.82, 2.24) is 5.32 Å². The van der Waals surface area contributed by atoms with Crippen LogP contribution in [-0.4, -0.2) is 71.2 Å². The lowest BCUT2D eigenvalue weighted by Gasteiger charge is -2.30. The van der Waals surface area contributed by atoms with Crippen molar-refractivity contribution in [2.75, 3.05) is 60.6 Å². The maximum absolute atomic E-state index is 12.1. The van der Waals surface area contributed by atoms with Crippen LogP contribution in [0.2, 0.25) is 0 Å². The van der Waals surface area contributed by atoms with Crippen molar-refractivity contribution in [3.8, 4) is 0 Å². The second-order valence-electron chi connectivity index (χ2n) is 9.79. The Morgan fingerprint density at radius 3 is 1.88 bits per heavy atom. The van der Waals surface area contributed by atoms with Crippen molar-refractivity contribution in [3.05, 3.63) is 0 Å². The molecule has 0 spiro atoms. The van der Waals surface area contributed by atoms with Gasteiger partial charge >= 0.3 is 0 Å². The number of rotatable bonds is 24. The number of phosphoric ester groups is 1. The zero-order chi connectivity index (χ0) is 24.1. The van der Waals surface area contributed by atoms with Crippen molar-refractivity contribution in [1.29, 1.82) is 0 Å². The van der Waals surface area contributed by atoms with Crippen molar-refractivity contribution >= 4 is 7.82 Å². The van der Waals surface area contributed by atoms with Crippen LogP contribution in [0, 0.1) is 0 Å². The number of unbranched alkanes of at least 4 members (excludes halogenated alkanes) is 11. The van der Waals surface area contributed by atoms with Gasteiger partial charge in [0.25, 0.3) is 7.82 Å². The van der Waals surface area contributed by atoms with E-state index in [0.717, 1.165) is 19.4 Å². The summed E-state index contributed by atoms with van der Waals surface area (Å²) in [7, 11) is 1.61. The summed E-state index contributed by atoms with van der Waals surface area (Å²) in [4.78, 5) is 12.1. The Morgan fingerprint density at radius 1 is 0.844 bits per heavy atom. The summed E-state index contributed by atoms with van der Waals surface area (Å²) >= 11 is 0. The van der Waals surface area contributed by atoms with Gasteiger partial charge in [-0.2, -0.15) is 0 Å². The van der Waals surface area contributed by atoms with Crippen molar-refractivity contribution in [2.24, 2.45) is 0 Å². The van der Waals surface area contributed by atoms with E-state index in [1.54, 1.807) is 0 Å². The Labute approximate surface area is 198 Å². The Hall–Kier alpha value is -0.0100. The maximum atomic E-state index is 12.1. The van der Waals surface area contributed by atoms with Crippen LogP contribution in [0.25, 0.3) is 0 Å². The molecule has 0 aromatic carbocycles. The first kappa shape index (κ1) is 32.0. The van der Waals surface area contributed by atoms with Crippen LogP contribution in [0.3, 0.4) is 0 Å². The lowest BCUT2D eigenvalue weighted by atomic mass is 10.1. The molecule has 0 fully saturated rings. The molecule has 1 N–H and O–H groups in total. The molecule has 0 saturated heterocycles. The zero-order valence-corrected chi connectivity index (χ0v) is 22.6. The summed E-state index contributed by atoms with van der Waals surface area (Å²) in [5.74, 6) is 0. The van der Waals surface area contributed by atoms with Gasteiger partial charge in [0.1, 0.15) is 19.3 Å². The van der Waals surface area contributed by atoms with Crippen LogP contribution in [0.15, 0.2) is 0 Å². The fourth-order valence-electron chi connectivity index (χ4n) is 3.33. The first-order valence-corrected chi connectivity index (χ1v) is 14.4. The summed E-state index contributed by atoms with van der Waals surface area (Å²) in [5, 5.41) is 3.13. The second kappa shape index (κ2) is 20.4. The fraction of sp³-hybridized carbons (Fsp3) is 1.00. The highest BCUT2D eigenvalue weighted by Crippen LogP contribution is 2.39. The predicted molar refractivity (Wildman–Crippen MR) is 132 cm³/mol. The van der Waals surface area contributed by atoms with Gasteiger partial charge in [-0.05, 0) is 13.0 Å². The van der Waals surface area contributed by atoms with E-state index in [9.17, 15) is 9.46 Å². The van der Waals surface area contributed by atoms with Gasteiger partial charge in [-0.1, -0.05) is 84.5 Å². The molecule has 2 unspecified atom stereocenters. The molecule has 0 amide bonds. The molecule has 0 saturated carbocycles. The Bertz CT molecular complexity index is 460. The summed E-state index contributed by atoms with van der Waals surface area (Å²) in [6.07, 6.45) is 15.1. The van der Waals surface area contributed by atoms with E-state index >= 15 is 0 Å². The predicted octanol–water partition coefficient (Wildman–Crippen LogP) is 4.89. The van der Waals surface area contributed by atoms with E-state index in [1.807, 2.05) is 28.1 Å². The molecule has 8 heteroatoms. The molecule has 0 rings (SSSR count). The highest BCUT2D eigenvalue weighted by Gasteiger charge is 2.19. The first-order chi connectivity index (χ1) is 15.2. The first-order valence-electron chi connectivity index (χ1n) is 12.9. The van der Waals surface area contributed by atoms with Gasteiger partial charge < -0.3 is 28.5 Å². The van der Waals surface area contributed by atoms with Crippen LogP contribution < -0.4 is 10.2 Å². The minimum Gasteiger partial charge on any atom is -0.756 e. The van der Waals surface area contributed by atoms with Gasteiger partial charge in [0.2, 0.25) is 0 Å². The Balaban J connectivity index is 3.83. The molecule has 194 valence electrons. The molecule has 0 aliphatic heterocycles. The number of hydrogen-bond acceptors (Lipinski definition) is 6. The van der Waals surface area contributed by atoms with E-state index in [2.05, 4.69) is 12.2 Å². The molecule has 0 heterocycles. The lowest BCUT2D eigenvalue weighted by Crippen LogP contribution is -2.38. The molecule has 0 bridgehead atoms. The highest BCUT2D eigenvalue weighted by atomic mass is 31.2. The van der Waals surface area contributed by atoms with Crippen LogP contribution in [0.4, 0.5) is 0 Å². The molecule has 0 aromatic heterocycles. The van der Waals surface area contributed by atoms with Gasteiger partial charge in [0, 0.05) is 13.2 Å². The van der Waals surface area contributed by atoms with Crippen LogP contribution in [0.1, 0.15) is 90.9 Å². The number of quaternary nitrogens is 1. The standard InChI is InChI=1S/C24H53N2O5P/c1-6-8-9-10-11-12-13-14-15-16-17-18-20-29-23-24(22-25-7-2)31-32(27,28)30-21-19-26(3,4)5/h24-25H,6-23H2,1-5H3. The lowest BCUT2D eigenvalue weighted by molar-refractivity contribution is -0.870. The van der Waals surface area contributed by atoms with Crippen LogP contribution >= 0.6 is 7.82 Å². The van der Waals surface area contributed by atoms with Gasteiger partial charge in [-0.25, -0.2) is 0 Å². The van der Waals surface area contributed by atoms with Gasteiger partial charge in [0.15, 0.2) is 0 Å². The number of nitrogens with one attached hydrogen (secondary N) is 1. The minimum atomic E-state index is -4.34. The van der Waals surface area contributed by atoms with Crippen molar-refractivity contribution < 1.29 is 27.7 Å². The molecule has 7 nitrogen and oxygen atoms in total. The number of phosphoric acid groups is 1. The van der Waals surface area contributed by atoms with E-state index in [-0.39, 0.29) is 13.2 Å². The van der Waals surface area contributed by atoms with E-state index in [4.69, 9.17) is 13.8 Å². The Kier molecular flexibility index (Phi) is 20.4.